The van der Waals surface area contributed by atoms with E-state index in [2.05, 4.69) is 5.32 Å². The van der Waals surface area contributed by atoms with Gasteiger partial charge >= 0.3 is 0 Å². The van der Waals surface area contributed by atoms with Crippen molar-refractivity contribution >= 4 is 11.6 Å². The normalized spacial score (nSPS) is 11.7. The van der Waals surface area contributed by atoms with E-state index in [1.807, 2.05) is 44.2 Å². The number of amides is 1. The Morgan fingerprint density at radius 1 is 1.24 bits per heavy atom. The monoisotopic (exact) mass is 284 g/mol. The lowest BCUT2D eigenvalue weighted by atomic mass is 10.1. The lowest BCUT2D eigenvalue weighted by molar-refractivity contribution is 0.0940. The summed E-state index contributed by atoms with van der Waals surface area (Å²) >= 11 is 0. The van der Waals surface area contributed by atoms with Crippen LogP contribution in [0.2, 0.25) is 0 Å². The van der Waals surface area contributed by atoms with Gasteiger partial charge in [0.2, 0.25) is 0 Å². The molecule has 0 aromatic heterocycles. The molecule has 1 atom stereocenters. The van der Waals surface area contributed by atoms with Crippen molar-refractivity contribution in [1.29, 1.82) is 0 Å². The second kappa shape index (κ2) is 6.79. The molecule has 4 heteroatoms. The van der Waals surface area contributed by atoms with Gasteiger partial charge in [-0.25, -0.2) is 0 Å². The maximum atomic E-state index is 12.2. The summed E-state index contributed by atoms with van der Waals surface area (Å²) in [6.07, 6.45) is 0. The largest absolute Gasteiger partial charge is 0.492 e. The molecule has 1 unspecified atom stereocenters. The van der Waals surface area contributed by atoms with Crippen LogP contribution in [0, 0.1) is 0 Å². The van der Waals surface area contributed by atoms with Crippen LogP contribution in [0.4, 0.5) is 5.69 Å². The minimum absolute atomic E-state index is 0.0634. The molecule has 4 nitrogen and oxygen atoms in total. The molecule has 0 fully saturated rings. The van der Waals surface area contributed by atoms with E-state index in [4.69, 9.17) is 10.5 Å². The average molecular weight is 284 g/mol. The topological polar surface area (TPSA) is 64.3 Å². The molecular formula is C17H20N2O2. The SMILES string of the molecule is CCOc1ccc(C(=O)NC(C)c2ccccc2)cc1N. The minimum Gasteiger partial charge on any atom is -0.492 e. The van der Waals surface area contributed by atoms with Gasteiger partial charge < -0.3 is 15.8 Å². The number of hydrogen-bond acceptors (Lipinski definition) is 3. The zero-order chi connectivity index (χ0) is 15.2. The van der Waals surface area contributed by atoms with Gasteiger partial charge in [0.05, 0.1) is 18.3 Å². The van der Waals surface area contributed by atoms with Crippen molar-refractivity contribution in [2.45, 2.75) is 19.9 Å². The Hall–Kier alpha value is -2.49. The van der Waals surface area contributed by atoms with Gasteiger partial charge in [0.1, 0.15) is 5.75 Å². The Labute approximate surface area is 124 Å². The lowest BCUT2D eigenvalue weighted by Gasteiger charge is -2.15. The molecule has 0 heterocycles. The number of benzene rings is 2. The number of rotatable bonds is 5. The van der Waals surface area contributed by atoms with E-state index in [1.165, 1.54) is 0 Å². The molecule has 0 bridgehead atoms. The van der Waals surface area contributed by atoms with Crippen LogP contribution in [-0.4, -0.2) is 12.5 Å². The third-order valence-corrected chi connectivity index (χ3v) is 3.22. The standard InChI is InChI=1S/C17H20N2O2/c1-3-21-16-10-9-14(11-15(16)18)17(20)19-12(2)13-7-5-4-6-8-13/h4-12H,3,18H2,1-2H3,(H,19,20). The Morgan fingerprint density at radius 3 is 2.57 bits per heavy atom. The fraction of sp³-hybridized carbons (Fsp3) is 0.235. The zero-order valence-corrected chi connectivity index (χ0v) is 12.3. The van der Waals surface area contributed by atoms with E-state index in [9.17, 15) is 4.79 Å². The van der Waals surface area contributed by atoms with E-state index in [-0.39, 0.29) is 11.9 Å². The smallest absolute Gasteiger partial charge is 0.251 e. The first-order chi connectivity index (χ1) is 10.1. The highest BCUT2D eigenvalue weighted by Crippen LogP contribution is 2.23. The molecule has 21 heavy (non-hydrogen) atoms. The van der Waals surface area contributed by atoms with Crippen LogP contribution in [0.3, 0.4) is 0 Å². The van der Waals surface area contributed by atoms with Crippen LogP contribution in [0.15, 0.2) is 48.5 Å². The number of nitrogens with one attached hydrogen (secondary N) is 1. The molecular weight excluding hydrogens is 264 g/mol. The molecule has 1 amide bonds. The van der Waals surface area contributed by atoms with Crippen molar-refractivity contribution in [3.05, 3.63) is 59.7 Å². The summed E-state index contributed by atoms with van der Waals surface area (Å²) in [5.74, 6) is 0.450. The van der Waals surface area contributed by atoms with E-state index in [1.54, 1.807) is 18.2 Å². The first kappa shape index (κ1) is 14.9. The van der Waals surface area contributed by atoms with E-state index in [0.29, 0.717) is 23.6 Å². The molecule has 0 aliphatic heterocycles. The van der Waals surface area contributed by atoms with E-state index in [0.717, 1.165) is 5.56 Å². The Kier molecular flexibility index (Phi) is 4.82. The van der Waals surface area contributed by atoms with Gasteiger partial charge in [0.25, 0.3) is 5.91 Å². The molecule has 0 spiro atoms. The maximum Gasteiger partial charge on any atom is 0.251 e. The predicted molar refractivity (Wildman–Crippen MR) is 84.3 cm³/mol. The molecule has 0 aliphatic carbocycles. The van der Waals surface area contributed by atoms with Gasteiger partial charge in [-0.15, -0.1) is 0 Å². The van der Waals surface area contributed by atoms with Crippen molar-refractivity contribution in [3.8, 4) is 5.75 Å². The molecule has 0 radical (unpaired) electrons. The summed E-state index contributed by atoms with van der Waals surface area (Å²) in [4.78, 5) is 12.2. The summed E-state index contributed by atoms with van der Waals surface area (Å²) in [6, 6.07) is 14.8. The molecule has 110 valence electrons. The van der Waals surface area contributed by atoms with Crippen LogP contribution >= 0.6 is 0 Å². The predicted octanol–water partition coefficient (Wildman–Crippen LogP) is 3.16. The summed E-state index contributed by atoms with van der Waals surface area (Å²) in [6.45, 7) is 4.38. The zero-order valence-electron chi connectivity index (χ0n) is 12.3. The first-order valence-electron chi connectivity index (χ1n) is 7.00. The molecule has 0 saturated carbocycles. The van der Waals surface area contributed by atoms with Crippen LogP contribution < -0.4 is 15.8 Å². The summed E-state index contributed by atoms with van der Waals surface area (Å²) < 4.78 is 5.37. The van der Waals surface area contributed by atoms with Crippen molar-refractivity contribution < 1.29 is 9.53 Å². The third kappa shape index (κ3) is 3.75. The van der Waals surface area contributed by atoms with Crippen LogP contribution in [0.5, 0.6) is 5.75 Å². The second-order valence-electron chi connectivity index (χ2n) is 4.79. The highest BCUT2D eigenvalue weighted by molar-refractivity contribution is 5.95. The number of nitrogen functional groups attached to an aromatic ring is 1. The minimum atomic E-state index is -0.152. The average Bonchev–Trinajstić information content (AvgIpc) is 2.50. The van der Waals surface area contributed by atoms with Gasteiger partial charge in [0, 0.05) is 5.56 Å². The van der Waals surface area contributed by atoms with E-state index >= 15 is 0 Å². The van der Waals surface area contributed by atoms with Crippen molar-refractivity contribution in [2.24, 2.45) is 0 Å². The number of ether oxygens (including phenoxy) is 1. The molecule has 2 aromatic carbocycles. The number of carbonyl (C=O) groups is 1. The number of carbonyl (C=O) groups excluding carboxylic acids is 1. The van der Waals surface area contributed by atoms with Crippen molar-refractivity contribution in [3.63, 3.8) is 0 Å². The lowest BCUT2D eigenvalue weighted by Crippen LogP contribution is -2.26. The number of anilines is 1. The van der Waals surface area contributed by atoms with Gasteiger partial charge in [0.15, 0.2) is 0 Å². The van der Waals surface area contributed by atoms with Crippen molar-refractivity contribution in [1.82, 2.24) is 5.32 Å². The third-order valence-electron chi connectivity index (χ3n) is 3.22. The molecule has 2 rings (SSSR count). The molecule has 2 aromatic rings. The fourth-order valence-corrected chi connectivity index (χ4v) is 2.08. The number of hydrogen-bond donors (Lipinski definition) is 2. The highest BCUT2D eigenvalue weighted by atomic mass is 16.5. The first-order valence-corrected chi connectivity index (χ1v) is 7.00. The number of nitrogens with two attached hydrogens (primary N) is 1. The van der Waals surface area contributed by atoms with Crippen LogP contribution in [0.1, 0.15) is 35.8 Å². The van der Waals surface area contributed by atoms with E-state index < -0.39 is 0 Å². The highest BCUT2D eigenvalue weighted by Gasteiger charge is 2.12. The van der Waals surface area contributed by atoms with Crippen LogP contribution in [0.25, 0.3) is 0 Å². The maximum absolute atomic E-state index is 12.2. The van der Waals surface area contributed by atoms with Gasteiger partial charge in [-0.2, -0.15) is 0 Å². The molecule has 3 N–H and O–H groups in total. The summed E-state index contributed by atoms with van der Waals surface area (Å²) in [7, 11) is 0. The fourth-order valence-electron chi connectivity index (χ4n) is 2.08. The van der Waals surface area contributed by atoms with Crippen LogP contribution in [-0.2, 0) is 0 Å². The van der Waals surface area contributed by atoms with Gasteiger partial charge in [-0.05, 0) is 37.6 Å². The van der Waals surface area contributed by atoms with Gasteiger partial charge in [-0.1, -0.05) is 30.3 Å². The summed E-state index contributed by atoms with van der Waals surface area (Å²) in [5.41, 5.74) is 7.94. The molecule has 0 saturated heterocycles. The Bertz CT molecular complexity index is 611. The Morgan fingerprint density at radius 2 is 1.95 bits per heavy atom. The summed E-state index contributed by atoms with van der Waals surface area (Å²) in [5, 5.41) is 2.96. The van der Waals surface area contributed by atoms with Gasteiger partial charge in [-0.3, -0.25) is 4.79 Å². The second-order valence-corrected chi connectivity index (χ2v) is 4.79. The Balaban J connectivity index is 2.08. The van der Waals surface area contributed by atoms with Crippen molar-refractivity contribution in [2.75, 3.05) is 12.3 Å². The molecule has 0 aliphatic rings. The quantitative estimate of drug-likeness (QED) is 0.829.